The smallest absolute Gasteiger partial charge is 0.346 e. The Bertz CT molecular complexity index is 690. The number of nitro benzene ring substituents is 1. The van der Waals surface area contributed by atoms with Gasteiger partial charge in [0.05, 0.1) is 15.5 Å². The fourth-order valence-electron chi connectivity index (χ4n) is 1.47. The number of halogens is 2. The van der Waals surface area contributed by atoms with E-state index in [2.05, 4.69) is 0 Å². The van der Waals surface area contributed by atoms with Crippen LogP contribution in [-0.2, 0) is 0 Å². The van der Waals surface area contributed by atoms with Gasteiger partial charge in [0, 0.05) is 12.1 Å². The number of carbonyl (C=O) groups excluding carboxylic acids is 1. The summed E-state index contributed by atoms with van der Waals surface area (Å²) in [7, 11) is 0. The van der Waals surface area contributed by atoms with E-state index >= 15 is 0 Å². The van der Waals surface area contributed by atoms with Gasteiger partial charge in [-0.3, -0.25) is 10.1 Å². The second-order valence-corrected chi connectivity index (χ2v) is 4.15. The zero-order valence-electron chi connectivity index (χ0n) is 9.88. The van der Waals surface area contributed by atoms with Crippen LogP contribution in [0.4, 0.5) is 10.1 Å². The Morgan fingerprint density at radius 2 is 1.95 bits per heavy atom. The third-order valence-electron chi connectivity index (χ3n) is 2.42. The summed E-state index contributed by atoms with van der Waals surface area (Å²) in [5.74, 6) is -1.74. The van der Waals surface area contributed by atoms with Crippen LogP contribution in [-0.4, -0.2) is 10.9 Å². The van der Waals surface area contributed by atoms with Crippen LogP contribution in [0.15, 0.2) is 42.5 Å². The molecule has 0 spiro atoms. The highest BCUT2D eigenvalue weighted by Crippen LogP contribution is 2.29. The predicted octanol–water partition coefficient (Wildman–Crippen LogP) is 3.61. The monoisotopic (exact) mass is 295 g/mol. The van der Waals surface area contributed by atoms with Crippen LogP contribution < -0.4 is 4.74 Å². The number of nitrogens with zero attached hydrogens (tertiary/aromatic N) is 1. The lowest BCUT2D eigenvalue weighted by Crippen LogP contribution is -2.10. The third-order valence-corrected chi connectivity index (χ3v) is 2.72. The highest BCUT2D eigenvalue weighted by atomic mass is 35.5. The van der Waals surface area contributed by atoms with Crippen molar-refractivity contribution in [2.75, 3.05) is 0 Å². The molecule has 2 aromatic rings. The highest BCUT2D eigenvalue weighted by Gasteiger charge is 2.16. The first-order valence-electron chi connectivity index (χ1n) is 5.39. The van der Waals surface area contributed by atoms with Crippen LogP contribution in [0.2, 0.25) is 5.02 Å². The van der Waals surface area contributed by atoms with E-state index < -0.39 is 16.7 Å². The van der Waals surface area contributed by atoms with Crippen molar-refractivity contribution in [3.05, 3.63) is 69.0 Å². The van der Waals surface area contributed by atoms with E-state index in [4.69, 9.17) is 16.3 Å². The minimum absolute atomic E-state index is 0.0782. The Kier molecular flexibility index (Phi) is 3.95. The Morgan fingerprint density at radius 3 is 2.55 bits per heavy atom. The number of rotatable bonds is 3. The number of esters is 1. The van der Waals surface area contributed by atoms with Crippen molar-refractivity contribution >= 4 is 23.3 Å². The molecule has 2 aromatic carbocycles. The molecule has 0 heterocycles. The number of hydrogen-bond acceptors (Lipinski definition) is 4. The van der Waals surface area contributed by atoms with Crippen molar-refractivity contribution in [2.24, 2.45) is 0 Å². The fraction of sp³-hybridized carbons (Fsp3) is 0. The zero-order valence-corrected chi connectivity index (χ0v) is 10.6. The number of carbonyl (C=O) groups is 1. The third kappa shape index (κ3) is 2.92. The van der Waals surface area contributed by atoms with Crippen molar-refractivity contribution in [3.8, 4) is 5.75 Å². The van der Waals surface area contributed by atoms with E-state index in [0.717, 1.165) is 18.2 Å². The van der Waals surface area contributed by atoms with Crippen molar-refractivity contribution in [2.45, 2.75) is 0 Å². The molecule has 2 rings (SSSR count). The quantitative estimate of drug-likeness (QED) is 0.375. The molecule has 7 heteroatoms. The first-order chi connectivity index (χ1) is 9.49. The van der Waals surface area contributed by atoms with E-state index in [9.17, 15) is 19.3 Å². The SMILES string of the molecule is O=C(Oc1ccc([N+](=O)[O-])cc1Cl)c1ccccc1F. The second-order valence-electron chi connectivity index (χ2n) is 3.74. The predicted molar refractivity (Wildman–Crippen MR) is 69.5 cm³/mol. The fourth-order valence-corrected chi connectivity index (χ4v) is 1.68. The maximum Gasteiger partial charge on any atom is 0.346 e. The molecule has 0 unspecified atom stereocenters. The van der Waals surface area contributed by atoms with Gasteiger partial charge in [0.2, 0.25) is 0 Å². The molecule has 5 nitrogen and oxygen atoms in total. The van der Waals surface area contributed by atoms with Gasteiger partial charge in [0.1, 0.15) is 11.6 Å². The molecule has 0 N–H and O–H groups in total. The topological polar surface area (TPSA) is 69.4 Å². The Hall–Kier alpha value is -2.47. The maximum absolute atomic E-state index is 13.4. The Morgan fingerprint density at radius 1 is 1.25 bits per heavy atom. The summed E-state index contributed by atoms with van der Waals surface area (Å²) in [4.78, 5) is 21.7. The van der Waals surface area contributed by atoms with Crippen LogP contribution >= 0.6 is 11.6 Å². The van der Waals surface area contributed by atoms with E-state index in [1.54, 1.807) is 0 Å². The number of non-ortho nitro benzene ring substituents is 1. The van der Waals surface area contributed by atoms with Crippen molar-refractivity contribution in [1.29, 1.82) is 0 Å². The summed E-state index contributed by atoms with van der Waals surface area (Å²) in [5.41, 5.74) is -0.484. The van der Waals surface area contributed by atoms with Crippen molar-refractivity contribution < 1.29 is 18.8 Å². The molecule has 0 aliphatic carbocycles. The van der Waals surface area contributed by atoms with E-state index in [0.29, 0.717) is 0 Å². The minimum Gasteiger partial charge on any atom is -0.421 e. The Labute approximate surface area is 117 Å². The molecular weight excluding hydrogens is 289 g/mol. The molecular formula is C13H7ClFNO4. The minimum atomic E-state index is -0.932. The lowest BCUT2D eigenvalue weighted by molar-refractivity contribution is -0.384. The van der Waals surface area contributed by atoms with Gasteiger partial charge in [-0.1, -0.05) is 23.7 Å². The van der Waals surface area contributed by atoms with Gasteiger partial charge in [0.25, 0.3) is 5.69 Å². The van der Waals surface area contributed by atoms with Crippen LogP contribution in [0.3, 0.4) is 0 Å². The maximum atomic E-state index is 13.4. The largest absolute Gasteiger partial charge is 0.421 e. The van der Waals surface area contributed by atoms with E-state index in [1.807, 2.05) is 0 Å². The van der Waals surface area contributed by atoms with Gasteiger partial charge in [-0.05, 0) is 18.2 Å². The van der Waals surface area contributed by atoms with Crippen LogP contribution in [0.25, 0.3) is 0 Å². The van der Waals surface area contributed by atoms with Gasteiger partial charge >= 0.3 is 5.97 Å². The van der Waals surface area contributed by atoms with Gasteiger partial charge in [-0.25, -0.2) is 9.18 Å². The van der Waals surface area contributed by atoms with Crippen LogP contribution in [0.1, 0.15) is 10.4 Å². The van der Waals surface area contributed by atoms with Crippen molar-refractivity contribution in [3.63, 3.8) is 0 Å². The summed E-state index contributed by atoms with van der Waals surface area (Å²) in [6, 6.07) is 8.66. The summed E-state index contributed by atoms with van der Waals surface area (Å²) in [6.45, 7) is 0. The zero-order chi connectivity index (χ0) is 14.7. The molecule has 0 aliphatic rings. The van der Waals surface area contributed by atoms with Gasteiger partial charge < -0.3 is 4.74 Å². The van der Waals surface area contributed by atoms with Gasteiger partial charge in [-0.2, -0.15) is 0 Å². The lowest BCUT2D eigenvalue weighted by atomic mass is 10.2. The summed E-state index contributed by atoms with van der Waals surface area (Å²) >= 11 is 5.77. The van der Waals surface area contributed by atoms with Crippen LogP contribution in [0.5, 0.6) is 5.75 Å². The molecule has 0 fully saturated rings. The molecule has 0 aliphatic heterocycles. The van der Waals surface area contributed by atoms with Gasteiger partial charge in [0.15, 0.2) is 0 Å². The molecule has 0 bridgehead atoms. The number of benzene rings is 2. The summed E-state index contributed by atoms with van der Waals surface area (Å²) < 4.78 is 18.3. The van der Waals surface area contributed by atoms with E-state index in [-0.39, 0.29) is 22.0 Å². The molecule has 0 aromatic heterocycles. The molecule has 20 heavy (non-hydrogen) atoms. The molecule has 102 valence electrons. The number of nitro groups is 1. The molecule has 0 radical (unpaired) electrons. The normalized spacial score (nSPS) is 10.1. The molecule has 0 saturated carbocycles. The number of ether oxygens (including phenoxy) is 1. The van der Waals surface area contributed by atoms with E-state index in [1.165, 1.54) is 24.3 Å². The summed E-state index contributed by atoms with van der Waals surface area (Å²) in [6.07, 6.45) is 0. The second kappa shape index (κ2) is 5.66. The lowest BCUT2D eigenvalue weighted by Gasteiger charge is -2.06. The molecule has 0 saturated heterocycles. The molecule has 0 amide bonds. The average Bonchev–Trinajstić information content (AvgIpc) is 2.41. The number of hydrogen-bond donors (Lipinski definition) is 0. The standard InChI is InChI=1S/C13H7ClFNO4/c14-10-7-8(16(18)19)5-6-12(10)20-13(17)9-3-1-2-4-11(9)15/h1-7H. The summed E-state index contributed by atoms with van der Waals surface area (Å²) in [5, 5.41) is 10.4. The molecule has 0 atom stereocenters. The first-order valence-corrected chi connectivity index (χ1v) is 5.77. The van der Waals surface area contributed by atoms with Gasteiger partial charge in [-0.15, -0.1) is 0 Å². The first kappa shape index (κ1) is 14.0. The average molecular weight is 296 g/mol. The highest BCUT2D eigenvalue weighted by molar-refractivity contribution is 6.32. The Balaban J connectivity index is 2.25. The van der Waals surface area contributed by atoms with Crippen LogP contribution in [0, 0.1) is 15.9 Å². The van der Waals surface area contributed by atoms with Crippen molar-refractivity contribution in [1.82, 2.24) is 0 Å².